The van der Waals surface area contributed by atoms with Crippen LogP contribution < -0.4 is 15.4 Å². The number of urea groups is 1. The molecule has 3 heterocycles. The summed E-state index contributed by atoms with van der Waals surface area (Å²) in [5.41, 5.74) is 3.44. The summed E-state index contributed by atoms with van der Waals surface area (Å²) < 4.78 is 9.03. The first-order valence-corrected chi connectivity index (χ1v) is 16.9. The number of hydrogen-bond acceptors (Lipinski definition) is 8. The summed E-state index contributed by atoms with van der Waals surface area (Å²) in [6, 6.07) is 25.3. The molecule has 49 heavy (non-hydrogen) atoms. The minimum Gasteiger partial charge on any atom is -0.507 e. The number of nitrogens with one attached hydrogen (secondary N) is 2. The smallest absolute Gasteiger partial charge is 0.320 e. The molecule has 0 radical (unpaired) electrons. The van der Waals surface area contributed by atoms with Gasteiger partial charge in [0, 0.05) is 39.0 Å². The number of benzene rings is 3. The number of nitrogens with zero attached hydrogens (tertiary/aromatic N) is 5. The molecule has 0 aliphatic heterocycles. The molecule has 13 heteroatoms. The average Bonchev–Trinajstić information content (AvgIpc) is 3.73. The Kier molecular flexibility index (Phi) is 10.1. The highest BCUT2D eigenvalue weighted by atomic mass is 35.5. The fourth-order valence-corrected chi connectivity index (χ4v) is 6.18. The molecular formula is C36H36ClN7O4S. The van der Waals surface area contributed by atoms with Gasteiger partial charge in [-0.25, -0.2) is 9.48 Å². The van der Waals surface area contributed by atoms with E-state index in [9.17, 15) is 9.90 Å². The third kappa shape index (κ3) is 7.67. The van der Waals surface area contributed by atoms with Crippen molar-refractivity contribution >= 4 is 40.9 Å². The number of phenolic OH excluding ortho intramolecular Hbond substituents is 1. The van der Waals surface area contributed by atoms with Gasteiger partial charge in [-0.3, -0.25) is 9.72 Å². The second kappa shape index (κ2) is 14.6. The number of phenols is 1. The Hall–Kier alpha value is -5.04. The van der Waals surface area contributed by atoms with Crippen LogP contribution in [0.25, 0.3) is 22.7 Å². The molecule has 6 rings (SSSR count). The molecule has 11 nitrogen and oxygen atoms in total. The third-order valence-electron chi connectivity index (χ3n) is 8.18. The summed E-state index contributed by atoms with van der Waals surface area (Å²) in [5, 5.41) is 39.4. The number of amides is 2. The fourth-order valence-electron chi connectivity index (χ4n) is 5.04. The summed E-state index contributed by atoms with van der Waals surface area (Å²) >= 11 is 7.73. The number of aliphatic hydroxyl groups is 1. The Balaban J connectivity index is 1.19. The summed E-state index contributed by atoms with van der Waals surface area (Å²) in [7, 11) is 0. The number of carbonyl (C=O) groups is 1. The Morgan fingerprint density at radius 1 is 1.02 bits per heavy atom. The molecule has 3 aromatic heterocycles. The number of hydrogen-bond donors (Lipinski definition) is 4. The van der Waals surface area contributed by atoms with E-state index in [4.69, 9.17) is 26.5 Å². The lowest BCUT2D eigenvalue weighted by atomic mass is 9.87. The van der Waals surface area contributed by atoms with Gasteiger partial charge in [-0.15, -0.1) is 10.2 Å². The van der Waals surface area contributed by atoms with Crippen molar-refractivity contribution in [1.29, 1.82) is 0 Å². The van der Waals surface area contributed by atoms with Crippen LogP contribution in [-0.2, 0) is 12.0 Å². The van der Waals surface area contributed by atoms with Crippen molar-refractivity contribution in [3.63, 3.8) is 0 Å². The molecule has 0 unspecified atom stereocenters. The van der Waals surface area contributed by atoms with E-state index >= 15 is 0 Å². The van der Waals surface area contributed by atoms with Crippen LogP contribution in [0.4, 0.5) is 10.6 Å². The highest BCUT2D eigenvalue weighted by molar-refractivity contribution is 7.99. The molecule has 0 aliphatic carbocycles. The van der Waals surface area contributed by atoms with Gasteiger partial charge >= 0.3 is 6.03 Å². The Bertz CT molecular complexity index is 2100. The first kappa shape index (κ1) is 33.8. The number of aromatic nitrogens is 5. The van der Waals surface area contributed by atoms with Gasteiger partial charge in [-0.1, -0.05) is 62.3 Å². The molecule has 0 saturated heterocycles. The number of halogens is 1. The van der Waals surface area contributed by atoms with Crippen molar-refractivity contribution in [2.24, 2.45) is 0 Å². The van der Waals surface area contributed by atoms with Gasteiger partial charge < -0.3 is 20.3 Å². The van der Waals surface area contributed by atoms with Crippen LogP contribution >= 0.6 is 23.4 Å². The molecule has 0 spiro atoms. The predicted octanol–water partition coefficient (Wildman–Crippen LogP) is 7.47. The number of fused-ring (bicyclic) bond motifs is 1. The van der Waals surface area contributed by atoms with Gasteiger partial charge in [0.2, 0.25) is 0 Å². The number of aromatic hydroxyl groups is 1. The fraction of sp³-hybridized carbons (Fsp3) is 0.222. The Morgan fingerprint density at radius 2 is 1.82 bits per heavy atom. The van der Waals surface area contributed by atoms with E-state index in [0.29, 0.717) is 33.6 Å². The van der Waals surface area contributed by atoms with Crippen molar-refractivity contribution in [2.75, 3.05) is 18.5 Å². The van der Waals surface area contributed by atoms with E-state index in [1.54, 1.807) is 28.9 Å². The normalized spacial score (nSPS) is 11.5. The van der Waals surface area contributed by atoms with E-state index in [2.05, 4.69) is 41.6 Å². The van der Waals surface area contributed by atoms with E-state index in [-0.39, 0.29) is 37.0 Å². The maximum absolute atomic E-state index is 13.3. The molecule has 0 saturated carbocycles. The van der Waals surface area contributed by atoms with Gasteiger partial charge in [0.05, 0.1) is 23.6 Å². The SMILES string of the molecule is CCC(C)(C)c1cc(NC(=O)NCc2ccccc2Sc2ccc3nnc(-c4cc(Cl)ccc4O)n3c2)n(-c2ccc(OCCO)cc2)n1. The largest absolute Gasteiger partial charge is 0.507 e. The Morgan fingerprint density at radius 3 is 2.59 bits per heavy atom. The molecule has 2 amide bonds. The topological polar surface area (TPSA) is 139 Å². The first-order chi connectivity index (χ1) is 23.6. The summed E-state index contributed by atoms with van der Waals surface area (Å²) in [6.45, 7) is 6.76. The van der Waals surface area contributed by atoms with Crippen LogP contribution in [-0.4, -0.2) is 53.8 Å². The van der Waals surface area contributed by atoms with Crippen molar-refractivity contribution in [3.05, 3.63) is 107 Å². The number of anilines is 1. The average molecular weight is 698 g/mol. The van der Waals surface area contributed by atoms with Gasteiger partial charge in [0.1, 0.15) is 23.9 Å². The molecule has 0 aliphatic rings. The van der Waals surface area contributed by atoms with E-state index in [1.807, 2.05) is 65.2 Å². The van der Waals surface area contributed by atoms with Gasteiger partial charge in [0.25, 0.3) is 0 Å². The second-order valence-corrected chi connectivity index (χ2v) is 13.5. The monoisotopic (exact) mass is 697 g/mol. The minimum atomic E-state index is -0.374. The lowest BCUT2D eigenvalue weighted by Crippen LogP contribution is -2.29. The van der Waals surface area contributed by atoms with Crippen LogP contribution in [0.3, 0.4) is 0 Å². The number of aliphatic hydroxyl groups excluding tert-OH is 1. The van der Waals surface area contributed by atoms with Gasteiger partial charge in [-0.2, -0.15) is 5.10 Å². The lowest BCUT2D eigenvalue weighted by molar-refractivity contribution is 0.201. The van der Waals surface area contributed by atoms with E-state index in [1.165, 1.54) is 17.8 Å². The molecule has 252 valence electrons. The molecule has 6 aromatic rings. The number of pyridine rings is 1. The van der Waals surface area contributed by atoms with E-state index in [0.717, 1.165) is 33.2 Å². The summed E-state index contributed by atoms with van der Waals surface area (Å²) in [5.74, 6) is 1.69. The first-order valence-electron chi connectivity index (χ1n) is 15.7. The molecular weight excluding hydrogens is 662 g/mol. The summed E-state index contributed by atoms with van der Waals surface area (Å²) in [6.07, 6.45) is 2.78. The standard InChI is InChI=1S/C36H36ClN7O4S/c1-4-36(2,3)31-20-33(44(42-31)25-10-12-26(13-11-25)48-18-17-45)39-35(47)38-21-23-7-5-6-8-30(23)49-27-14-16-32-40-41-34(43(32)22-27)28-19-24(37)9-15-29(28)46/h5-16,19-20,22,45-46H,4,17-18,21H2,1-3H3,(H2,38,39,47). The molecule has 0 bridgehead atoms. The predicted molar refractivity (Wildman–Crippen MR) is 191 cm³/mol. The zero-order valence-corrected chi connectivity index (χ0v) is 28.8. The molecule has 0 fully saturated rings. The lowest BCUT2D eigenvalue weighted by Gasteiger charge is -2.19. The highest BCUT2D eigenvalue weighted by Gasteiger charge is 2.24. The number of rotatable bonds is 12. The van der Waals surface area contributed by atoms with Crippen molar-refractivity contribution < 1.29 is 19.7 Å². The number of carbonyl (C=O) groups excluding carboxylic acids is 1. The molecule has 3 aromatic carbocycles. The van der Waals surface area contributed by atoms with Crippen molar-refractivity contribution in [3.8, 4) is 28.6 Å². The van der Waals surface area contributed by atoms with Crippen molar-refractivity contribution in [1.82, 2.24) is 29.7 Å². The summed E-state index contributed by atoms with van der Waals surface area (Å²) in [4.78, 5) is 15.2. The van der Waals surface area contributed by atoms with Crippen LogP contribution in [0.2, 0.25) is 5.02 Å². The maximum atomic E-state index is 13.3. The van der Waals surface area contributed by atoms with Crippen LogP contribution in [0.15, 0.2) is 101 Å². The quantitative estimate of drug-likeness (QED) is 0.103. The second-order valence-electron chi connectivity index (χ2n) is 11.9. The van der Waals surface area contributed by atoms with Crippen LogP contribution in [0.5, 0.6) is 11.5 Å². The van der Waals surface area contributed by atoms with Crippen LogP contribution in [0, 0.1) is 0 Å². The molecule has 4 N–H and O–H groups in total. The third-order valence-corrected chi connectivity index (χ3v) is 9.51. The highest BCUT2D eigenvalue weighted by Crippen LogP contribution is 2.34. The maximum Gasteiger partial charge on any atom is 0.320 e. The number of ether oxygens (including phenoxy) is 1. The van der Waals surface area contributed by atoms with Gasteiger partial charge in [0.15, 0.2) is 11.5 Å². The van der Waals surface area contributed by atoms with E-state index < -0.39 is 0 Å². The van der Waals surface area contributed by atoms with Crippen molar-refractivity contribution in [2.45, 2.75) is 48.9 Å². The zero-order valence-electron chi connectivity index (χ0n) is 27.2. The molecule has 0 atom stereocenters. The van der Waals surface area contributed by atoms with Crippen LogP contribution in [0.1, 0.15) is 38.4 Å². The Labute approximate surface area is 292 Å². The zero-order chi connectivity index (χ0) is 34.5. The minimum absolute atomic E-state index is 0.0570. The van der Waals surface area contributed by atoms with Gasteiger partial charge in [-0.05, 0) is 72.6 Å².